The quantitative estimate of drug-likeness (QED) is 0.344. The summed E-state index contributed by atoms with van der Waals surface area (Å²) in [6, 6.07) is 17.2. The molecule has 4 atom stereocenters. The Hall–Kier alpha value is -2.21. The number of esters is 1. The van der Waals surface area contributed by atoms with Crippen molar-refractivity contribution in [2.45, 2.75) is 32.4 Å². The molecule has 0 saturated carbocycles. The van der Waals surface area contributed by atoms with Crippen molar-refractivity contribution in [3.63, 3.8) is 0 Å². The first-order valence-electron chi connectivity index (χ1n) is 9.64. The molecule has 1 N–H and O–H groups in total. The summed E-state index contributed by atoms with van der Waals surface area (Å²) >= 11 is 0. The Balaban J connectivity index is 0.000000437. The van der Waals surface area contributed by atoms with Crippen LogP contribution in [0, 0.1) is 11.8 Å². The van der Waals surface area contributed by atoms with Crippen molar-refractivity contribution >= 4 is 17.8 Å². The molecular weight excluding hydrogens is 412 g/mol. The van der Waals surface area contributed by atoms with Gasteiger partial charge in [0.05, 0.1) is 18.4 Å². The summed E-state index contributed by atoms with van der Waals surface area (Å²) in [5.74, 6) is -2.29. The number of hydrogen-bond donors (Lipinski definition) is 1. The Labute approximate surface area is 181 Å². The number of carbonyl (C=O) groups is 3. The molecule has 2 aliphatic heterocycles. The minimum absolute atomic E-state index is 0. The molecule has 2 aromatic rings. The first kappa shape index (κ1) is 23.1. The molecule has 2 saturated heterocycles. The SMILES string of the molecule is CCOC(=O)C1(C)NC([c-]2cccc2)C2C(=O)N(CC)C(=O)C21.[Fe+2].c1cc[cH-]c1. The van der Waals surface area contributed by atoms with E-state index in [4.69, 9.17) is 4.74 Å². The minimum atomic E-state index is -1.20. The van der Waals surface area contributed by atoms with Gasteiger partial charge in [-0.05, 0) is 20.8 Å². The zero-order chi connectivity index (χ0) is 20.3. The van der Waals surface area contributed by atoms with Gasteiger partial charge in [0, 0.05) is 12.6 Å². The maximum atomic E-state index is 12.7. The molecule has 156 valence electrons. The molecule has 0 aromatic heterocycles. The van der Waals surface area contributed by atoms with Gasteiger partial charge in [-0.3, -0.25) is 19.3 Å². The first-order chi connectivity index (χ1) is 13.5. The maximum absolute atomic E-state index is 12.7. The summed E-state index contributed by atoms with van der Waals surface area (Å²) in [6.45, 7) is 5.70. The smallest absolute Gasteiger partial charge is 0.465 e. The monoisotopic (exact) mass is 438 g/mol. The summed E-state index contributed by atoms with van der Waals surface area (Å²) in [6.07, 6.45) is 0. The van der Waals surface area contributed by atoms with E-state index in [0.29, 0.717) is 6.54 Å². The van der Waals surface area contributed by atoms with Crippen LogP contribution in [0.1, 0.15) is 32.4 Å². The summed E-state index contributed by atoms with van der Waals surface area (Å²) in [5.41, 5.74) is -0.286. The number of amides is 2. The normalized spacial score (nSPS) is 27.7. The number of ether oxygens (including phenoxy) is 1. The van der Waals surface area contributed by atoms with Crippen molar-refractivity contribution in [3.05, 3.63) is 60.2 Å². The molecule has 4 unspecified atom stereocenters. The summed E-state index contributed by atoms with van der Waals surface area (Å²) in [5, 5.41) is 3.22. The fourth-order valence-electron chi connectivity index (χ4n) is 4.18. The second kappa shape index (κ2) is 9.53. The molecule has 6 nitrogen and oxygen atoms in total. The molecule has 0 spiro atoms. The topological polar surface area (TPSA) is 75.7 Å². The molecule has 2 heterocycles. The van der Waals surface area contributed by atoms with Crippen LogP contribution in [0.3, 0.4) is 0 Å². The third kappa shape index (κ3) is 4.08. The molecule has 29 heavy (non-hydrogen) atoms. The van der Waals surface area contributed by atoms with E-state index >= 15 is 0 Å². The average molecular weight is 438 g/mol. The van der Waals surface area contributed by atoms with Crippen LogP contribution in [0.25, 0.3) is 0 Å². The van der Waals surface area contributed by atoms with Crippen molar-refractivity contribution in [1.82, 2.24) is 10.2 Å². The van der Waals surface area contributed by atoms with Crippen LogP contribution in [0.15, 0.2) is 54.6 Å². The molecule has 0 bridgehead atoms. The number of nitrogens with one attached hydrogen (secondary N) is 1. The number of imide groups is 1. The van der Waals surface area contributed by atoms with Crippen LogP contribution in [-0.4, -0.2) is 41.4 Å². The van der Waals surface area contributed by atoms with Crippen LogP contribution < -0.4 is 5.32 Å². The summed E-state index contributed by atoms with van der Waals surface area (Å²) < 4.78 is 5.17. The Morgan fingerprint density at radius 2 is 1.79 bits per heavy atom. The predicted octanol–water partition coefficient (Wildman–Crippen LogP) is 2.40. The molecule has 2 amide bonds. The van der Waals surface area contributed by atoms with E-state index in [2.05, 4.69) is 5.32 Å². The van der Waals surface area contributed by atoms with E-state index in [1.54, 1.807) is 20.8 Å². The third-order valence-corrected chi connectivity index (χ3v) is 5.50. The van der Waals surface area contributed by atoms with Crippen LogP contribution in [0.5, 0.6) is 0 Å². The average Bonchev–Trinajstić information content (AvgIpc) is 3.45. The molecule has 4 rings (SSSR count). The molecule has 0 radical (unpaired) electrons. The van der Waals surface area contributed by atoms with Crippen molar-refractivity contribution in [3.8, 4) is 0 Å². The molecular formula is C22H26FeN2O4. The Kier molecular flexibility index (Phi) is 7.58. The maximum Gasteiger partial charge on any atom is 2.00 e. The Morgan fingerprint density at radius 1 is 1.17 bits per heavy atom. The minimum Gasteiger partial charge on any atom is -0.465 e. The van der Waals surface area contributed by atoms with Crippen molar-refractivity contribution in [2.24, 2.45) is 11.8 Å². The van der Waals surface area contributed by atoms with E-state index in [0.717, 1.165) is 5.56 Å². The molecule has 2 fully saturated rings. The van der Waals surface area contributed by atoms with Gasteiger partial charge in [-0.1, -0.05) is 0 Å². The molecule has 7 heteroatoms. The van der Waals surface area contributed by atoms with E-state index in [1.807, 2.05) is 54.6 Å². The summed E-state index contributed by atoms with van der Waals surface area (Å²) in [4.78, 5) is 39.2. The van der Waals surface area contributed by atoms with E-state index in [9.17, 15) is 14.4 Å². The van der Waals surface area contributed by atoms with Gasteiger partial charge in [0.1, 0.15) is 5.54 Å². The van der Waals surface area contributed by atoms with E-state index in [1.165, 1.54) is 4.90 Å². The fraction of sp³-hybridized carbons (Fsp3) is 0.409. The van der Waals surface area contributed by atoms with Crippen LogP contribution >= 0.6 is 0 Å². The fourth-order valence-corrected chi connectivity index (χ4v) is 4.18. The number of nitrogens with zero attached hydrogens (tertiary/aromatic N) is 1. The van der Waals surface area contributed by atoms with E-state index in [-0.39, 0.29) is 41.5 Å². The van der Waals surface area contributed by atoms with Gasteiger partial charge in [0.2, 0.25) is 11.8 Å². The number of fused-ring (bicyclic) bond motifs is 1. The Morgan fingerprint density at radius 3 is 2.28 bits per heavy atom. The summed E-state index contributed by atoms with van der Waals surface area (Å²) in [7, 11) is 0. The molecule has 2 aromatic carbocycles. The van der Waals surface area contributed by atoms with Crippen molar-refractivity contribution < 1.29 is 36.2 Å². The Bertz CT molecular complexity index is 801. The number of hydrogen-bond acceptors (Lipinski definition) is 5. The van der Waals surface area contributed by atoms with Gasteiger partial charge in [-0.2, -0.15) is 30.3 Å². The second-order valence-electron chi connectivity index (χ2n) is 7.15. The number of rotatable bonds is 4. The van der Waals surface area contributed by atoms with Gasteiger partial charge < -0.3 is 10.1 Å². The standard InChI is InChI=1S/C17H21N2O4.C5H5.Fe/c1-4-19-14(20)11-12(15(19)21)17(3,16(22)23-5-2)18-13(11)10-8-6-7-9-10;1-2-4-5-3-1;/h6-9,11-13,18H,4-5H2,1-3H3;1-5H;/q2*-1;+2. The van der Waals surface area contributed by atoms with Gasteiger partial charge in [-0.15, -0.1) is 5.56 Å². The largest absolute Gasteiger partial charge is 2.00 e. The van der Waals surface area contributed by atoms with Crippen molar-refractivity contribution in [2.75, 3.05) is 13.2 Å². The molecule has 0 aliphatic carbocycles. The third-order valence-electron chi connectivity index (χ3n) is 5.50. The van der Waals surface area contributed by atoms with Crippen LogP contribution in [-0.2, 0) is 36.2 Å². The van der Waals surface area contributed by atoms with E-state index < -0.39 is 23.3 Å². The van der Waals surface area contributed by atoms with Gasteiger partial charge in [0.15, 0.2) is 0 Å². The number of carbonyl (C=O) groups excluding carboxylic acids is 3. The van der Waals surface area contributed by atoms with Gasteiger partial charge in [0.25, 0.3) is 0 Å². The van der Waals surface area contributed by atoms with Crippen LogP contribution in [0.4, 0.5) is 0 Å². The van der Waals surface area contributed by atoms with Gasteiger partial charge >= 0.3 is 23.0 Å². The van der Waals surface area contributed by atoms with Crippen molar-refractivity contribution in [1.29, 1.82) is 0 Å². The molecule has 2 aliphatic rings. The zero-order valence-electron chi connectivity index (χ0n) is 16.8. The first-order valence-corrected chi connectivity index (χ1v) is 9.64. The van der Waals surface area contributed by atoms with Crippen LogP contribution in [0.2, 0.25) is 0 Å². The zero-order valence-corrected chi connectivity index (χ0v) is 17.9. The number of likely N-dealkylation sites (tertiary alicyclic amines) is 1. The predicted molar refractivity (Wildman–Crippen MR) is 104 cm³/mol. The second-order valence-corrected chi connectivity index (χ2v) is 7.15. The van der Waals surface area contributed by atoms with Gasteiger partial charge in [-0.25, -0.2) is 24.3 Å².